The molecule has 7 N–H and O–H groups in total. The molecule has 0 radical (unpaired) electrons. The Hall–Kier alpha value is -3.00. The maximum Gasteiger partial charge on any atom is 0.184 e. The first-order chi connectivity index (χ1) is 11.4. The lowest BCUT2D eigenvalue weighted by Gasteiger charge is -2.12. The number of phenols is 4. The van der Waals surface area contributed by atoms with Gasteiger partial charge in [-0.25, -0.2) is 0 Å². The minimum Gasteiger partial charge on any atom is -0.508 e. The predicted molar refractivity (Wildman–Crippen MR) is 94.3 cm³/mol. The number of nitrogens with two attached hydrogens (primary N) is 1. The monoisotopic (exact) mass is 347 g/mol. The molecule has 0 spiro atoms. The lowest BCUT2D eigenvalue weighted by Crippen LogP contribution is -2.26. The van der Waals surface area contributed by atoms with Crippen molar-refractivity contribution in [2.45, 2.75) is 12.8 Å². The molecule has 126 valence electrons. The highest BCUT2D eigenvalue weighted by Crippen LogP contribution is 2.33. The van der Waals surface area contributed by atoms with E-state index in [9.17, 15) is 20.4 Å². The fourth-order valence-electron chi connectivity index (χ4n) is 2.18. The Kier molecular flexibility index (Phi) is 5.43. The summed E-state index contributed by atoms with van der Waals surface area (Å²) in [6, 6.07) is 8.84. The van der Waals surface area contributed by atoms with Crippen molar-refractivity contribution in [2.24, 2.45) is 10.8 Å². The van der Waals surface area contributed by atoms with Crippen molar-refractivity contribution in [1.82, 2.24) is 5.43 Å². The van der Waals surface area contributed by atoms with Crippen molar-refractivity contribution in [2.75, 3.05) is 0 Å². The summed E-state index contributed by atoms with van der Waals surface area (Å²) in [5.74, 6) is -0.742. The number of hydrazone groups is 1. The average molecular weight is 347 g/mol. The van der Waals surface area contributed by atoms with E-state index in [1.807, 2.05) is 0 Å². The molecule has 0 aliphatic rings. The molecule has 0 fully saturated rings. The Labute approximate surface area is 143 Å². The summed E-state index contributed by atoms with van der Waals surface area (Å²) >= 11 is 4.71. The number of aryl methyl sites for hydroxylation is 1. The van der Waals surface area contributed by atoms with Crippen LogP contribution in [0.15, 0.2) is 41.5 Å². The van der Waals surface area contributed by atoms with Crippen molar-refractivity contribution in [1.29, 1.82) is 0 Å². The molecule has 2 aromatic carbocycles. The van der Waals surface area contributed by atoms with Gasteiger partial charge in [-0.3, -0.25) is 5.43 Å². The number of rotatable bonds is 5. The highest BCUT2D eigenvalue weighted by molar-refractivity contribution is 7.80. The summed E-state index contributed by atoms with van der Waals surface area (Å²) in [4.78, 5) is 0. The van der Waals surface area contributed by atoms with Gasteiger partial charge in [0.2, 0.25) is 0 Å². The van der Waals surface area contributed by atoms with Crippen LogP contribution in [-0.2, 0) is 6.42 Å². The molecule has 0 aromatic heterocycles. The lowest BCUT2D eigenvalue weighted by atomic mass is 10.00. The van der Waals surface area contributed by atoms with E-state index in [0.717, 1.165) is 17.7 Å². The van der Waals surface area contributed by atoms with Crippen molar-refractivity contribution in [3.63, 3.8) is 0 Å². The Balaban J connectivity index is 2.30. The van der Waals surface area contributed by atoms with E-state index in [1.165, 1.54) is 0 Å². The van der Waals surface area contributed by atoms with Gasteiger partial charge in [0, 0.05) is 12.1 Å². The van der Waals surface area contributed by atoms with Gasteiger partial charge in [0.1, 0.15) is 23.0 Å². The van der Waals surface area contributed by atoms with Crippen molar-refractivity contribution in [3.8, 4) is 23.0 Å². The normalized spacial score (nSPS) is 11.2. The third-order valence-electron chi connectivity index (χ3n) is 3.26. The summed E-state index contributed by atoms with van der Waals surface area (Å²) in [7, 11) is 0. The fourth-order valence-corrected chi connectivity index (χ4v) is 2.22. The van der Waals surface area contributed by atoms with E-state index in [2.05, 4.69) is 10.5 Å². The van der Waals surface area contributed by atoms with E-state index in [-0.39, 0.29) is 33.7 Å². The molecule has 0 bridgehead atoms. The zero-order valence-electron chi connectivity index (χ0n) is 12.6. The van der Waals surface area contributed by atoms with Crippen molar-refractivity contribution < 1.29 is 20.4 Å². The largest absolute Gasteiger partial charge is 0.508 e. The second kappa shape index (κ2) is 7.51. The first-order valence-electron chi connectivity index (χ1n) is 7.02. The number of phenolic OH excluding ortho intramolecular Hbond substituents is 4. The molecule has 0 unspecified atom stereocenters. The van der Waals surface area contributed by atoms with E-state index >= 15 is 0 Å². The molecular formula is C16H17N3O4S. The van der Waals surface area contributed by atoms with Crippen LogP contribution in [0.4, 0.5) is 0 Å². The van der Waals surface area contributed by atoms with Crippen LogP contribution in [0.5, 0.6) is 23.0 Å². The first kappa shape index (κ1) is 17.4. The zero-order chi connectivity index (χ0) is 17.7. The van der Waals surface area contributed by atoms with Crippen LogP contribution < -0.4 is 11.2 Å². The Morgan fingerprint density at radius 2 is 1.58 bits per heavy atom. The SMILES string of the molecule is NC(=S)N/N=C(/CCc1ccc(O)cc1)c1c(O)cc(O)cc1O. The molecule has 0 aliphatic heterocycles. The number of hydrogen-bond donors (Lipinski definition) is 6. The number of nitrogens with zero attached hydrogens (tertiary/aromatic N) is 1. The minimum atomic E-state index is -0.318. The second-order valence-corrected chi connectivity index (χ2v) is 5.50. The zero-order valence-corrected chi connectivity index (χ0v) is 13.4. The smallest absolute Gasteiger partial charge is 0.184 e. The van der Waals surface area contributed by atoms with Gasteiger partial charge in [0.05, 0.1) is 11.3 Å². The number of thiocarbonyl (C=S) groups is 1. The topological polar surface area (TPSA) is 131 Å². The molecule has 7 nitrogen and oxygen atoms in total. The van der Waals surface area contributed by atoms with Crippen LogP contribution >= 0.6 is 12.2 Å². The number of nitrogens with one attached hydrogen (secondary N) is 1. The van der Waals surface area contributed by atoms with E-state index in [0.29, 0.717) is 18.6 Å². The van der Waals surface area contributed by atoms with Crippen LogP contribution in [0.25, 0.3) is 0 Å². The third kappa shape index (κ3) is 4.50. The molecular weight excluding hydrogens is 330 g/mol. The van der Waals surface area contributed by atoms with Gasteiger partial charge >= 0.3 is 0 Å². The van der Waals surface area contributed by atoms with Crippen LogP contribution in [-0.4, -0.2) is 31.3 Å². The quantitative estimate of drug-likeness (QED) is 0.275. The van der Waals surface area contributed by atoms with Gasteiger partial charge in [-0.05, 0) is 42.8 Å². The van der Waals surface area contributed by atoms with Gasteiger partial charge in [-0.15, -0.1) is 0 Å². The number of hydrogen-bond acceptors (Lipinski definition) is 6. The van der Waals surface area contributed by atoms with Gasteiger partial charge in [-0.1, -0.05) is 12.1 Å². The van der Waals surface area contributed by atoms with Gasteiger partial charge in [0.25, 0.3) is 0 Å². The van der Waals surface area contributed by atoms with Crippen LogP contribution in [0.3, 0.4) is 0 Å². The van der Waals surface area contributed by atoms with Crippen LogP contribution in [0.2, 0.25) is 0 Å². The minimum absolute atomic E-state index is 0.0603. The third-order valence-corrected chi connectivity index (χ3v) is 3.35. The lowest BCUT2D eigenvalue weighted by molar-refractivity contribution is 0.426. The summed E-state index contributed by atoms with van der Waals surface area (Å²) in [5.41, 5.74) is 9.11. The summed E-state index contributed by atoms with van der Waals surface area (Å²) in [6.07, 6.45) is 0.865. The van der Waals surface area contributed by atoms with Gasteiger partial charge in [0.15, 0.2) is 5.11 Å². The van der Waals surface area contributed by atoms with Gasteiger partial charge in [-0.2, -0.15) is 5.10 Å². The summed E-state index contributed by atoms with van der Waals surface area (Å²) < 4.78 is 0. The molecule has 8 heteroatoms. The van der Waals surface area contributed by atoms with Crippen LogP contribution in [0.1, 0.15) is 17.5 Å². The highest BCUT2D eigenvalue weighted by atomic mass is 32.1. The predicted octanol–water partition coefficient (Wildman–Crippen LogP) is 1.68. The van der Waals surface area contributed by atoms with E-state index < -0.39 is 0 Å². The number of aromatic hydroxyl groups is 4. The Morgan fingerprint density at radius 1 is 1.00 bits per heavy atom. The van der Waals surface area contributed by atoms with E-state index in [1.54, 1.807) is 24.3 Å². The summed E-state index contributed by atoms with van der Waals surface area (Å²) in [6.45, 7) is 0. The average Bonchev–Trinajstić information content (AvgIpc) is 2.49. The molecule has 0 aliphatic carbocycles. The highest BCUT2D eigenvalue weighted by Gasteiger charge is 2.16. The fraction of sp³-hybridized carbons (Fsp3) is 0.125. The first-order valence-corrected chi connectivity index (χ1v) is 7.43. The molecule has 0 amide bonds. The maximum absolute atomic E-state index is 10.0. The molecule has 24 heavy (non-hydrogen) atoms. The Bertz CT molecular complexity index is 752. The maximum atomic E-state index is 10.0. The molecule has 0 heterocycles. The molecule has 0 saturated heterocycles. The molecule has 0 atom stereocenters. The second-order valence-electron chi connectivity index (χ2n) is 5.06. The molecule has 2 rings (SSSR count). The standard InChI is InChI=1S/C16H17N3O4S/c17-16(24)19-18-12(6-3-9-1-4-10(20)5-2-9)15-13(22)7-11(21)8-14(15)23/h1-2,4-5,7-8,20-23H,3,6H2,(H3,17,19,24)/b18-12-. The van der Waals surface area contributed by atoms with Crippen LogP contribution in [0, 0.1) is 0 Å². The van der Waals surface area contributed by atoms with Crippen molar-refractivity contribution >= 4 is 23.0 Å². The van der Waals surface area contributed by atoms with Crippen molar-refractivity contribution in [3.05, 3.63) is 47.5 Å². The number of benzene rings is 2. The Morgan fingerprint density at radius 3 is 2.12 bits per heavy atom. The van der Waals surface area contributed by atoms with Gasteiger partial charge < -0.3 is 26.2 Å². The molecule has 2 aromatic rings. The molecule has 0 saturated carbocycles. The summed E-state index contributed by atoms with van der Waals surface area (Å²) in [5, 5.41) is 42.7. The van der Waals surface area contributed by atoms with E-state index in [4.69, 9.17) is 18.0 Å².